The van der Waals surface area contributed by atoms with Crippen molar-refractivity contribution in [3.8, 4) is 0 Å². The molecule has 0 radical (unpaired) electrons. The number of carbonyl (C=O) groups excluding carboxylic acids is 1. The summed E-state index contributed by atoms with van der Waals surface area (Å²) < 4.78 is 18.8. The Labute approximate surface area is 114 Å². The van der Waals surface area contributed by atoms with E-state index in [-0.39, 0.29) is 18.3 Å². The van der Waals surface area contributed by atoms with Gasteiger partial charge in [0.25, 0.3) is 0 Å². The van der Waals surface area contributed by atoms with E-state index < -0.39 is 5.82 Å². The smallest absolute Gasteiger partial charge is 0.302 e. The molecule has 20 heavy (non-hydrogen) atoms. The molecule has 0 fully saturated rings. The second-order valence-corrected chi connectivity index (χ2v) is 4.30. The molecule has 0 aliphatic carbocycles. The molecule has 100 valence electrons. The third-order valence-corrected chi connectivity index (χ3v) is 2.85. The number of aromatic nitrogens is 1. The number of fused-ring (bicyclic) bond motifs is 1. The lowest BCUT2D eigenvalue weighted by atomic mass is 10.1. The summed E-state index contributed by atoms with van der Waals surface area (Å²) >= 11 is 0. The van der Waals surface area contributed by atoms with Crippen LogP contribution in [-0.4, -0.2) is 10.9 Å². The number of anilines is 1. The van der Waals surface area contributed by atoms with Gasteiger partial charge >= 0.3 is 6.01 Å². The molecule has 0 saturated carbocycles. The van der Waals surface area contributed by atoms with Crippen LogP contribution in [0.15, 0.2) is 52.9 Å². The Morgan fingerprint density at radius 3 is 2.70 bits per heavy atom. The second-order valence-electron chi connectivity index (χ2n) is 4.30. The fraction of sp³-hybridized carbons (Fsp3) is 0.0667. The van der Waals surface area contributed by atoms with Crippen LogP contribution in [0.5, 0.6) is 0 Å². The van der Waals surface area contributed by atoms with Crippen LogP contribution in [0.2, 0.25) is 0 Å². The normalized spacial score (nSPS) is 10.7. The van der Waals surface area contributed by atoms with E-state index in [1.54, 1.807) is 30.3 Å². The molecule has 1 heterocycles. The van der Waals surface area contributed by atoms with Crippen molar-refractivity contribution in [1.29, 1.82) is 0 Å². The number of nitrogens with one attached hydrogen (secondary N) is 1. The van der Waals surface area contributed by atoms with Gasteiger partial charge in [0, 0.05) is 0 Å². The predicted molar refractivity (Wildman–Crippen MR) is 72.7 cm³/mol. The summed E-state index contributed by atoms with van der Waals surface area (Å²) in [5.41, 5.74) is 1.59. The molecule has 3 aromatic rings. The van der Waals surface area contributed by atoms with Crippen LogP contribution in [0.1, 0.15) is 5.56 Å². The lowest BCUT2D eigenvalue weighted by Crippen LogP contribution is -2.15. The highest BCUT2D eigenvalue weighted by Gasteiger charge is 2.11. The first-order valence-corrected chi connectivity index (χ1v) is 6.11. The van der Waals surface area contributed by atoms with Gasteiger partial charge in [0.05, 0.1) is 6.42 Å². The van der Waals surface area contributed by atoms with Gasteiger partial charge in [-0.05, 0) is 23.8 Å². The first-order chi connectivity index (χ1) is 9.72. The number of halogens is 1. The molecule has 1 amide bonds. The van der Waals surface area contributed by atoms with Crippen molar-refractivity contribution in [2.75, 3.05) is 5.32 Å². The largest absolute Gasteiger partial charge is 0.423 e. The van der Waals surface area contributed by atoms with Crippen molar-refractivity contribution in [3.63, 3.8) is 0 Å². The molecule has 2 aromatic carbocycles. The Morgan fingerprint density at radius 1 is 1.15 bits per heavy atom. The van der Waals surface area contributed by atoms with Crippen LogP contribution in [0.3, 0.4) is 0 Å². The topological polar surface area (TPSA) is 55.1 Å². The van der Waals surface area contributed by atoms with Gasteiger partial charge < -0.3 is 4.42 Å². The fourth-order valence-corrected chi connectivity index (χ4v) is 1.90. The predicted octanol–water partition coefficient (Wildman–Crippen LogP) is 3.15. The Morgan fingerprint density at radius 2 is 1.90 bits per heavy atom. The molecule has 4 nitrogen and oxygen atoms in total. The summed E-state index contributed by atoms with van der Waals surface area (Å²) in [4.78, 5) is 16.0. The summed E-state index contributed by atoms with van der Waals surface area (Å²) in [6.07, 6.45) is -0.0641. The molecule has 0 unspecified atom stereocenters. The average Bonchev–Trinajstić information content (AvgIpc) is 2.83. The van der Waals surface area contributed by atoms with Crippen molar-refractivity contribution >= 4 is 23.0 Å². The van der Waals surface area contributed by atoms with Crippen molar-refractivity contribution in [2.45, 2.75) is 6.42 Å². The van der Waals surface area contributed by atoms with Crippen LogP contribution in [0, 0.1) is 5.82 Å². The van der Waals surface area contributed by atoms with E-state index in [0.29, 0.717) is 16.7 Å². The van der Waals surface area contributed by atoms with Crippen LogP contribution in [-0.2, 0) is 11.2 Å². The molecule has 1 N–H and O–H groups in total. The Kier molecular flexibility index (Phi) is 3.16. The quantitative estimate of drug-likeness (QED) is 0.795. The number of para-hydroxylation sites is 2. The minimum atomic E-state index is -0.403. The van der Waals surface area contributed by atoms with E-state index in [0.717, 1.165) is 0 Å². The first kappa shape index (κ1) is 12.3. The molecule has 1 aromatic heterocycles. The van der Waals surface area contributed by atoms with E-state index >= 15 is 0 Å². The van der Waals surface area contributed by atoms with Crippen LogP contribution in [0.25, 0.3) is 11.1 Å². The molecular weight excluding hydrogens is 259 g/mol. The molecule has 5 heteroatoms. The van der Waals surface area contributed by atoms with Crippen LogP contribution in [0.4, 0.5) is 10.4 Å². The highest BCUT2D eigenvalue weighted by atomic mass is 19.1. The van der Waals surface area contributed by atoms with Gasteiger partial charge in [-0.3, -0.25) is 10.1 Å². The maximum Gasteiger partial charge on any atom is 0.302 e. The number of carbonyl (C=O) groups is 1. The molecule has 0 aliphatic rings. The Balaban J connectivity index is 1.74. The molecule has 0 aliphatic heterocycles. The summed E-state index contributed by atoms with van der Waals surface area (Å²) in [7, 11) is 0. The molecule has 0 bridgehead atoms. The zero-order valence-corrected chi connectivity index (χ0v) is 10.5. The molecule has 3 rings (SSSR count). The molecule has 0 spiro atoms. The van der Waals surface area contributed by atoms with Crippen molar-refractivity contribution < 1.29 is 13.6 Å². The van der Waals surface area contributed by atoms with Crippen molar-refractivity contribution in [3.05, 3.63) is 59.9 Å². The van der Waals surface area contributed by atoms with Gasteiger partial charge in [-0.25, -0.2) is 4.39 Å². The SMILES string of the molecule is O=C(Cc1ccccc1F)Nc1nc2ccccc2o1. The van der Waals surface area contributed by atoms with Gasteiger partial charge in [0.15, 0.2) is 5.58 Å². The van der Waals surface area contributed by atoms with Gasteiger partial charge in [-0.15, -0.1) is 0 Å². The highest BCUT2D eigenvalue weighted by molar-refractivity contribution is 5.91. The van der Waals surface area contributed by atoms with E-state index in [9.17, 15) is 9.18 Å². The number of amides is 1. The maximum absolute atomic E-state index is 13.4. The van der Waals surface area contributed by atoms with E-state index in [4.69, 9.17) is 4.42 Å². The van der Waals surface area contributed by atoms with E-state index in [1.165, 1.54) is 6.07 Å². The Bertz CT molecular complexity index is 734. The third-order valence-electron chi connectivity index (χ3n) is 2.85. The minimum Gasteiger partial charge on any atom is -0.423 e. The maximum atomic E-state index is 13.4. The molecular formula is C15H11FN2O2. The number of hydrogen-bond donors (Lipinski definition) is 1. The number of benzene rings is 2. The van der Waals surface area contributed by atoms with Crippen LogP contribution < -0.4 is 5.32 Å². The minimum absolute atomic E-state index is 0.0641. The lowest BCUT2D eigenvalue weighted by molar-refractivity contribution is -0.115. The van der Waals surface area contributed by atoms with E-state index in [1.807, 2.05) is 12.1 Å². The monoisotopic (exact) mass is 270 g/mol. The third kappa shape index (κ3) is 2.51. The summed E-state index contributed by atoms with van der Waals surface area (Å²) in [6, 6.07) is 13.5. The molecule has 0 atom stereocenters. The van der Waals surface area contributed by atoms with Gasteiger partial charge in [-0.1, -0.05) is 30.3 Å². The van der Waals surface area contributed by atoms with Gasteiger partial charge in [0.2, 0.25) is 5.91 Å². The fourth-order valence-electron chi connectivity index (χ4n) is 1.90. The second kappa shape index (κ2) is 5.13. The summed E-state index contributed by atoms with van der Waals surface area (Å²) in [5.74, 6) is -0.776. The number of rotatable bonds is 3. The lowest BCUT2D eigenvalue weighted by Gasteiger charge is -2.02. The average molecular weight is 270 g/mol. The number of nitrogens with zero attached hydrogens (tertiary/aromatic N) is 1. The number of hydrogen-bond acceptors (Lipinski definition) is 3. The number of oxazole rings is 1. The van der Waals surface area contributed by atoms with Gasteiger partial charge in [-0.2, -0.15) is 4.98 Å². The van der Waals surface area contributed by atoms with E-state index in [2.05, 4.69) is 10.3 Å². The summed E-state index contributed by atoms with van der Waals surface area (Å²) in [6.45, 7) is 0. The highest BCUT2D eigenvalue weighted by Crippen LogP contribution is 2.18. The zero-order valence-electron chi connectivity index (χ0n) is 10.5. The molecule has 0 saturated heterocycles. The standard InChI is InChI=1S/C15H11FN2O2/c16-11-6-2-1-5-10(11)9-14(19)18-15-17-12-7-3-4-8-13(12)20-15/h1-8H,9H2,(H,17,18,19). The Hall–Kier alpha value is -2.69. The summed E-state index contributed by atoms with van der Waals surface area (Å²) in [5, 5.41) is 2.52. The first-order valence-electron chi connectivity index (χ1n) is 6.11. The van der Waals surface area contributed by atoms with Crippen molar-refractivity contribution in [2.24, 2.45) is 0 Å². The zero-order chi connectivity index (χ0) is 13.9. The van der Waals surface area contributed by atoms with Gasteiger partial charge in [0.1, 0.15) is 11.3 Å². The van der Waals surface area contributed by atoms with Crippen molar-refractivity contribution in [1.82, 2.24) is 4.98 Å². The van der Waals surface area contributed by atoms with Crippen LogP contribution >= 0.6 is 0 Å².